The van der Waals surface area contributed by atoms with Crippen LogP contribution < -0.4 is 5.32 Å². The Hall–Kier alpha value is -1.55. The van der Waals surface area contributed by atoms with Crippen molar-refractivity contribution in [3.8, 4) is 5.75 Å². The van der Waals surface area contributed by atoms with Gasteiger partial charge in [0.25, 0.3) is 0 Å². The Morgan fingerprint density at radius 2 is 1.84 bits per heavy atom. The summed E-state index contributed by atoms with van der Waals surface area (Å²) in [5, 5.41) is 13.0. The van der Waals surface area contributed by atoms with Gasteiger partial charge in [-0.25, -0.2) is 4.79 Å². The van der Waals surface area contributed by atoms with Gasteiger partial charge in [-0.3, -0.25) is 5.32 Å². The molecule has 0 saturated carbocycles. The molecule has 4 nitrogen and oxygen atoms in total. The molecule has 4 heteroatoms. The summed E-state index contributed by atoms with van der Waals surface area (Å²) in [6.45, 7) is 9.74. The van der Waals surface area contributed by atoms with Crippen LogP contribution in [0, 0.1) is 13.8 Å². The predicted molar refractivity (Wildman–Crippen MR) is 75.2 cm³/mol. The van der Waals surface area contributed by atoms with Crippen molar-refractivity contribution in [2.45, 2.75) is 46.7 Å². The molecule has 1 rings (SSSR count). The molecule has 0 saturated heterocycles. The first kappa shape index (κ1) is 15.5. The fourth-order valence-corrected chi connectivity index (χ4v) is 2.02. The van der Waals surface area contributed by atoms with Crippen LogP contribution in [-0.2, 0) is 9.53 Å². The lowest BCUT2D eigenvalue weighted by Gasteiger charge is -2.21. The van der Waals surface area contributed by atoms with Gasteiger partial charge in [-0.05, 0) is 51.3 Å². The molecule has 1 aromatic carbocycles. The number of rotatable bonds is 5. The van der Waals surface area contributed by atoms with Gasteiger partial charge in [-0.15, -0.1) is 0 Å². The first-order valence-electron chi connectivity index (χ1n) is 6.59. The Morgan fingerprint density at radius 1 is 1.32 bits per heavy atom. The Morgan fingerprint density at radius 3 is 2.26 bits per heavy atom. The normalized spacial score (nSPS) is 12.5. The average Bonchev–Trinajstić information content (AvgIpc) is 2.32. The molecule has 0 aliphatic rings. The van der Waals surface area contributed by atoms with Gasteiger partial charge >= 0.3 is 5.97 Å². The zero-order valence-electron chi connectivity index (χ0n) is 12.3. The van der Waals surface area contributed by atoms with Crippen molar-refractivity contribution in [3.05, 3.63) is 28.8 Å². The third-order valence-corrected chi connectivity index (χ3v) is 2.87. The van der Waals surface area contributed by atoms with Gasteiger partial charge in [0, 0.05) is 6.04 Å². The fraction of sp³-hybridized carbons (Fsp3) is 0.533. The number of aryl methyl sites for hydroxylation is 2. The van der Waals surface area contributed by atoms with Crippen LogP contribution in [-0.4, -0.2) is 23.7 Å². The Labute approximate surface area is 114 Å². The van der Waals surface area contributed by atoms with Crippen LogP contribution in [0.2, 0.25) is 0 Å². The van der Waals surface area contributed by atoms with Crippen molar-refractivity contribution in [2.24, 2.45) is 0 Å². The molecule has 0 aliphatic heterocycles. The molecule has 1 aromatic rings. The maximum atomic E-state index is 12.0. The van der Waals surface area contributed by atoms with Crippen LogP contribution in [0.1, 0.15) is 43.5 Å². The highest BCUT2D eigenvalue weighted by molar-refractivity contribution is 5.78. The smallest absolute Gasteiger partial charge is 0.327 e. The van der Waals surface area contributed by atoms with E-state index < -0.39 is 6.04 Å². The van der Waals surface area contributed by atoms with Crippen LogP contribution in [0.3, 0.4) is 0 Å². The van der Waals surface area contributed by atoms with Gasteiger partial charge in [-0.2, -0.15) is 0 Å². The number of hydrogen-bond acceptors (Lipinski definition) is 4. The zero-order chi connectivity index (χ0) is 14.6. The minimum Gasteiger partial charge on any atom is -0.507 e. The number of carbonyl (C=O) groups is 1. The fourth-order valence-electron chi connectivity index (χ4n) is 2.02. The molecule has 0 aliphatic carbocycles. The molecule has 19 heavy (non-hydrogen) atoms. The molecule has 0 aromatic heterocycles. The summed E-state index contributed by atoms with van der Waals surface area (Å²) in [4.78, 5) is 12.0. The molecular weight excluding hydrogens is 242 g/mol. The number of benzene rings is 1. The standard InChI is InChI=1S/C15H23NO3/c1-6-19-15(18)13(16-9(2)3)12-7-10(4)14(17)11(5)8-12/h7-9,13,16-17H,6H2,1-5H3. The van der Waals surface area contributed by atoms with Crippen LogP contribution in [0.5, 0.6) is 5.75 Å². The number of ether oxygens (including phenoxy) is 1. The number of phenolic OH excluding ortho intramolecular Hbond substituents is 1. The molecular formula is C15H23NO3. The zero-order valence-corrected chi connectivity index (χ0v) is 12.3. The lowest BCUT2D eigenvalue weighted by molar-refractivity contribution is -0.146. The van der Waals surface area contributed by atoms with Crippen molar-refractivity contribution in [1.82, 2.24) is 5.32 Å². The third kappa shape index (κ3) is 3.96. The van der Waals surface area contributed by atoms with E-state index in [1.807, 2.05) is 39.8 Å². The number of nitrogens with one attached hydrogen (secondary N) is 1. The van der Waals surface area contributed by atoms with Crippen molar-refractivity contribution in [1.29, 1.82) is 0 Å². The summed E-state index contributed by atoms with van der Waals surface area (Å²) in [5.41, 5.74) is 2.34. The number of phenols is 1. The third-order valence-electron chi connectivity index (χ3n) is 2.87. The Kier molecular flexibility index (Phi) is 5.36. The van der Waals surface area contributed by atoms with Crippen LogP contribution in [0.4, 0.5) is 0 Å². The summed E-state index contributed by atoms with van der Waals surface area (Å²) in [7, 11) is 0. The van der Waals surface area contributed by atoms with E-state index >= 15 is 0 Å². The van der Waals surface area contributed by atoms with E-state index in [9.17, 15) is 9.90 Å². The van der Waals surface area contributed by atoms with Crippen LogP contribution >= 0.6 is 0 Å². The molecule has 2 N–H and O–H groups in total. The highest BCUT2D eigenvalue weighted by atomic mass is 16.5. The highest BCUT2D eigenvalue weighted by Crippen LogP contribution is 2.27. The summed E-state index contributed by atoms with van der Waals surface area (Å²) in [6, 6.07) is 3.29. The van der Waals surface area contributed by atoms with Gasteiger partial charge < -0.3 is 9.84 Å². The van der Waals surface area contributed by atoms with E-state index in [1.54, 1.807) is 6.92 Å². The first-order chi connectivity index (χ1) is 8.86. The van der Waals surface area contributed by atoms with E-state index in [4.69, 9.17) is 4.74 Å². The van der Waals surface area contributed by atoms with Gasteiger partial charge in [0.05, 0.1) is 6.61 Å². The van der Waals surface area contributed by atoms with E-state index in [-0.39, 0.29) is 17.8 Å². The van der Waals surface area contributed by atoms with E-state index in [0.717, 1.165) is 16.7 Å². The molecule has 0 spiro atoms. The molecule has 1 unspecified atom stereocenters. The predicted octanol–water partition coefficient (Wildman–Crippen LogP) is 2.61. The summed E-state index contributed by atoms with van der Waals surface area (Å²) >= 11 is 0. The topological polar surface area (TPSA) is 58.6 Å². The molecule has 0 radical (unpaired) electrons. The monoisotopic (exact) mass is 265 g/mol. The molecule has 0 fully saturated rings. The van der Waals surface area contributed by atoms with Gasteiger partial charge in [0.15, 0.2) is 0 Å². The maximum Gasteiger partial charge on any atom is 0.327 e. The minimum atomic E-state index is -0.502. The molecule has 106 valence electrons. The van der Waals surface area contributed by atoms with E-state index in [2.05, 4.69) is 5.32 Å². The Bertz CT molecular complexity index is 432. The SMILES string of the molecule is CCOC(=O)C(NC(C)C)c1cc(C)c(O)c(C)c1. The van der Waals surface area contributed by atoms with E-state index in [0.29, 0.717) is 6.61 Å². The number of hydrogen-bond donors (Lipinski definition) is 2. The van der Waals surface area contributed by atoms with Crippen molar-refractivity contribution >= 4 is 5.97 Å². The second-order valence-corrected chi connectivity index (χ2v) is 5.01. The summed E-state index contributed by atoms with van der Waals surface area (Å²) in [5.74, 6) is -0.0170. The average molecular weight is 265 g/mol. The summed E-state index contributed by atoms with van der Waals surface area (Å²) in [6.07, 6.45) is 0. The minimum absolute atomic E-state index is 0.156. The first-order valence-corrected chi connectivity index (χ1v) is 6.59. The number of carbonyl (C=O) groups excluding carboxylic acids is 1. The van der Waals surface area contributed by atoms with Gasteiger partial charge in [-0.1, -0.05) is 12.1 Å². The summed E-state index contributed by atoms with van der Waals surface area (Å²) < 4.78 is 5.11. The number of esters is 1. The maximum absolute atomic E-state index is 12.0. The van der Waals surface area contributed by atoms with Crippen LogP contribution in [0.15, 0.2) is 12.1 Å². The lowest BCUT2D eigenvalue weighted by Crippen LogP contribution is -2.35. The van der Waals surface area contributed by atoms with Gasteiger partial charge in [0.1, 0.15) is 11.8 Å². The Balaban J connectivity index is 3.13. The van der Waals surface area contributed by atoms with Crippen molar-refractivity contribution in [3.63, 3.8) is 0 Å². The lowest BCUT2D eigenvalue weighted by atomic mass is 9.99. The van der Waals surface area contributed by atoms with E-state index in [1.165, 1.54) is 0 Å². The second-order valence-electron chi connectivity index (χ2n) is 5.01. The number of aromatic hydroxyl groups is 1. The molecule has 0 amide bonds. The highest BCUT2D eigenvalue weighted by Gasteiger charge is 2.23. The quantitative estimate of drug-likeness (QED) is 0.803. The van der Waals surface area contributed by atoms with Crippen molar-refractivity contribution < 1.29 is 14.6 Å². The second kappa shape index (κ2) is 6.57. The molecule has 0 heterocycles. The van der Waals surface area contributed by atoms with Gasteiger partial charge in [0.2, 0.25) is 0 Å². The molecule has 0 bridgehead atoms. The molecule has 1 atom stereocenters. The largest absolute Gasteiger partial charge is 0.507 e. The van der Waals surface area contributed by atoms with Crippen molar-refractivity contribution in [2.75, 3.05) is 6.61 Å². The van der Waals surface area contributed by atoms with Crippen LogP contribution in [0.25, 0.3) is 0 Å².